The predicted octanol–water partition coefficient (Wildman–Crippen LogP) is 6.89. The summed E-state index contributed by atoms with van der Waals surface area (Å²) < 4.78 is 4.98. The molecule has 1 aliphatic carbocycles. The highest BCUT2D eigenvalue weighted by Gasteiger charge is 2.20. The Bertz CT molecular complexity index is 744. The van der Waals surface area contributed by atoms with Crippen LogP contribution in [-0.2, 0) is 22.4 Å². The van der Waals surface area contributed by atoms with E-state index in [0.29, 0.717) is 0 Å². The van der Waals surface area contributed by atoms with Gasteiger partial charge in [-0.25, -0.2) is 0 Å². The van der Waals surface area contributed by atoms with E-state index < -0.39 is 0 Å². The molecule has 3 nitrogen and oxygen atoms in total. The molecule has 2 aromatic rings. The van der Waals surface area contributed by atoms with Crippen molar-refractivity contribution >= 4 is 17.6 Å². The smallest absolute Gasteiger partial charge is 0.106 e. The quantitative estimate of drug-likeness (QED) is 0.368. The highest BCUT2D eigenvalue weighted by molar-refractivity contribution is 5.86. The van der Waals surface area contributed by atoms with Crippen LogP contribution < -0.4 is 0 Å². The van der Waals surface area contributed by atoms with Gasteiger partial charge in [0, 0.05) is 30.5 Å². The van der Waals surface area contributed by atoms with Crippen molar-refractivity contribution in [1.82, 2.24) is 4.98 Å². The lowest BCUT2D eigenvalue weighted by atomic mass is 9.79. The highest BCUT2D eigenvalue weighted by Crippen LogP contribution is 2.32. The van der Waals surface area contributed by atoms with Crippen LogP contribution in [-0.4, -0.2) is 25.0 Å². The maximum Gasteiger partial charge on any atom is 0.106 e. The van der Waals surface area contributed by atoms with Gasteiger partial charge in [0.25, 0.3) is 0 Å². The normalized spacial score (nSPS) is 18.0. The van der Waals surface area contributed by atoms with Gasteiger partial charge in [0.05, 0.1) is 0 Å². The van der Waals surface area contributed by atoms with Crippen molar-refractivity contribution in [3.63, 3.8) is 0 Å². The van der Waals surface area contributed by atoms with Crippen LogP contribution in [0.15, 0.2) is 37.1 Å². The lowest BCUT2D eigenvalue weighted by molar-refractivity contribution is -0.0979. The van der Waals surface area contributed by atoms with Crippen molar-refractivity contribution in [3.8, 4) is 0 Å². The fourth-order valence-corrected chi connectivity index (χ4v) is 4.06. The number of aromatic nitrogens is 1. The van der Waals surface area contributed by atoms with Gasteiger partial charge in [-0.05, 0) is 87.1 Å². The molecule has 0 N–H and O–H groups in total. The van der Waals surface area contributed by atoms with E-state index in [9.17, 15) is 0 Å². The van der Waals surface area contributed by atoms with E-state index in [1.807, 2.05) is 13.7 Å². The van der Waals surface area contributed by atoms with Gasteiger partial charge < -0.3 is 9.53 Å². The molecule has 1 aliphatic rings. The number of ether oxygens (including phenoxy) is 1. The molecule has 0 saturated heterocycles. The third-order valence-corrected chi connectivity index (χ3v) is 5.98. The van der Waals surface area contributed by atoms with Crippen LogP contribution in [0.5, 0.6) is 0 Å². The van der Waals surface area contributed by atoms with E-state index in [1.54, 1.807) is 0 Å². The average molecular weight is 412 g/mol. The number of aryl methyl sites for hydroxylation is 2. The van der Waals surface area contributed by atoms with Gasteiger partial charge in [-0.2, -0.15) is 0 Å². The minimum atomic E-state index is 0.744. The van der Waals surface area contributed by atoms with Crippen molar-refractivity contribution in [2.24, 2.45) is 11.8 Å². The van der Waals surface area contributed by atoms with Crippen LogP contribution in [0.2, 0.25) is 0 Å². The molecule has 0 unspecified atom stereocenters. The number of carbonyl (C=O) groups excluding carboxylic acids is 1. The number of rotatable bonds is 7. The fourth-order valence-electron chi connectivity index (χ4n) is 4.06. The molecule has 1 saturated carbocycles. The first-order chi connectivity index (χ1) is 14.6. The molecule has 0 radical (unpaired) electrons. The maximum absolute atomic E-state index is 8.00. The summed E-state index contributed by atoms with van der Waals surface area (Å²) in [5, 5.41) is 2.66. The summed E-state index contributed by atoms with van der Waals surface area (Å²) in [4.78, 5) is 12.8. The molecule has 1 fully saturated rings. The summed E-state index contributed by atoms with van der Waals surface area (Å²) in [7, 11) is 0. The Balaban J connectivity index is 0.000000487. The van der Waals surface area contributed by atoms with E-state index in [1.165, 1.54) is 53.3 Å². The molecular weight excluding hydrogens is 370 g/mol. The number of benzene rings is 1. The van der Waals surface area contributed by atoms with Gasteiger partial charge in [-0.1, -0.05) is 38.1 Å². The van der Waals surface area contributed by atoms with Crippen LogP contribution in [0.1, 0.15) is 69.7 Å². The van der Waals surface area contributed by atoms with Crippen LogP contribution in [0.25, 0.3) is 10.8 Å². The lowest BCUT2D eigenvalue weighted by Crippen LogP contribution is -2.16. The molecule has 0 amide bonds. The van der Waals surface area contributed by atoms with Gasteiger partial charge in [0.2, 0.25) is 0 Å². The Morgan fingerprint density at radius 1 is 1.13 bits per heavy atom. The molecular formula is C27H41NO2. The predicted molar refractivity (Wildman–Crippen MR) is 129 cm³/mol. The zero-order chi connectivity index (χ0) is 22.4. The van der Waals surface area contributed by atoms with Crippen molar-refractivity contribution in [1.29, 1.82) is 0 Å². The fraction of sp³-hybridized carbons (Fsp3) is 0.556. The molecule has 0 aliphatic heterocycles. The van der Waals surface area contributed by atoms with E-state index in [2.05, 4.69) is 57.8 Å². The Kier molecular flexibility index (Phi) is 12.9. The van der Waals surface area contributed by atoms with Crippen LogP contribution in [0, 0.1) is 18.8 Å². The van der Waals surface area contributed by atoms with Gasteiger partial charge in [-0.15, -0.1) is 6.58 Å². The molecule has 0 bridgehead atoms. The van der Waals surface area contributed by atoms with Crippen molar-refractivity contribution < 1.29 is 9.53 Å². The van der Waals surface area contributed by atoms with Gasteiger partial charge in [0.1, 0.15) is 6.79 Å². The second-order valence-electron chi connectivity index (χ2n) is 8.02. The summed E-state index contributed by atoms with van der Waals surface area (Å²) in [5.74, 6) is 1.54. The second kappa shape index (κ2) is 14.9. The Hall–Kier alpha value is -2.00. The van der Waals surface area contributed by atoms with Gasteiger partial charge in [-0.3, -0.25) is 4.98 Å². The van der Waals surface area contributed by atoms with E-state index in [4.69, 9.17) is 14.5 Å². The molecule has 1 aromatic heterocycles. The molecule has 3 rings (SSSR count). The largest absolute Gasteiger partial charge is 0.382 e. The number of allylic oxidation sites excluding steroid dienone is 1. The van der Waals surface area contributed by atoms with E-state index >= 15 is 0 Å². The number of fused-ring (bicyclic) bond motifs is 1. The van der Waals surface area contributed by atoms with Crippen molar-refractivity contribution in [3.05, 3.63) is 53.9 Å². The molecule has 166 valence electrons. The molecule has 30 heavy (non-hydrogen) atoms. The van der Waals surface area contributed by atoms with Gasteiger partial charge >= 0.3 is 0 Å². The van der Waals surface area contributed by atoms with E-state index in [0.717, 1.165) is 44.3 Å². The molecule has 0 spiro atoms. The number of carbonyl (C=O) groups is 1. The molecule has 0 atom stereocenters. The summed E-state index contributed by atoms with van der Waals surface area (Å²) in [6.45, 7) is 16.3. The standard InChI is InChI=1S/C21H27N.C5H12O.CH2O/c1-4-16-6-8-18(9-7-16)13-21-15(3)20-12-17(5-2)10-11-19(20)14-22-21;1-3-5-6-4-2;1-2/h4,10-12,14,16,18H,1,5-9,13H2,2-3H3;3-5H2,1-2H3;1H2. The zero-order valence-corrected chi connectivity index (χ0v) is 19.6. The molecule has 1 heterocycles. The number of hydrogen-bond acceptors (Lipinski definition) is 3. The lowest BCUT2D eigenvalue weighted by Gasteiger charge is -2.26. The SMILES string of the molecule is C=CC1CCC(Cc2ncc3ccc(CC)cc3c2C)CC1.C=O.CCCOCC. The summed E-state index contributed by atoms with van der Waals surface area (Å²) in [5.41, 5.74) is 4.11. The Labute approximate surface area is 183 Å². The first-order valence-electron chi connectivity index (χ1n) is 11.5. The first-order valence-corrected chi connectivity index (χ1v) is 11.5. The monoisotopic (exact) mass is 411 g/mol. The third-order valence-electron chi connectivity index (χ3n) is 5.98. The molecule has 3 heteroatoms. The second-order valence-corrected chi connectivity index (χ2v) is 8.02. The number of hydrogen-bond donors (Lipinski definition) is 0. The summed E-state index contributed by atoms with van der Waals surface area (Å²) in [6.07, 6.45) is 12.8. The third kappa shape index (κ3) is 8.02. The Morgan fingerprint density at radius 3 is 2.37 bits per heavy atom. The van der Waals surface area contributed by atoms with Crippen molar-refractivity contribution in [2.45, 2.75) is 72.6 Å². The summed E-state index contributed by atoms with van der Waals surface area (Å²) >= 11 is 0. The minimum Gasteiger partial charge on any atom is -0.382 e. The zero-order valence-electron chi connectivity index (χ0n) is 19.6. The summed E-state index contributed by atoms with van der Waals surface area (Å²) in [6, 6.07) is 6.79. The van der Waals surface area contributed by atoms with Crippen LogP contribution in [0.3, 0.4) is 0 Å². The number of pyridine rings is 1. The number of nitrogens with zero attached hydrogens (tertiary/aromatic N) is 1. The van der Waals surface area contributed by atoms with E-state index in [-0.39, 0.29) is 0 Å². The maximum atomic E-state index is 8.00. The first kappa shape index (κ1) is 26.0. The minimum absolute atomic E-state index is 0.744. The Morgan fingerprint density at radius 2 is 1.83 bits per heavy atom. The highest BCUT2D eigenvalue weighted by atomic mass is 16.5. The van der Waals surface area contributed by atoms with Crippen LogP contribution >= 0.6 is 0 Å². The molecule has 1 aromatic carbocycles. The van der Waals surface area contributed by atoms with Crippen molar-refractivity contribution in [2.75, 3.05) is 13.2 Å². The van der Waals surface area contributed by atoms with Gasteiger partial charge in [0.15, 0.2) is 0 Å². The average Bonchev–Trinajstić information content (AvgIpc) is 2.81. The van der Waals surface area contributed by atoms with Crippen LogP contribution in [0.4, 0.5) is 0 Å². The topological polar surface area (TPSA) is 39.2 Å².